The van der Waals surface area contributed by atoms with Gasteiger partial charge in [0.05, 0.1) is 21.3 Å². The van der Waals surface area contributed by atoms with Gasteiger partial charge in [0.1, 0.15) is 5.58 Å². The molecular formula is C18H8Cl2F2N3O4-. The van der Waals surface area contributed by atoms with E-state index in [0.29, 0.717) is 5.39 Å². The van der Waals surface area contributed by atoms with Crippen LogP contribution in [0.5, 0.6) is 5.75 Å². The van der Waals surface area contributed by atoms with Gasteiger partial charge in [0.2, 0.25) is 5.91 Å². The van der Waals surface area contributed by atoms with Gasteiger partial charge < -0.3 is 19.4 Å². The number of anilines is 1. The van der Waals surface area contributed by atoms with Gasteiger partial charge >= 0.3 is 6.61 Å². The van der Waals surface area contributed by atoms with Gasteiger partial charge in [-0.25, -0.2) is 0 Å². The normalized spacial score (nSPS) is 11.4. The Hall–Kier alpha value is -3.01. The smallest absolute Gasteiger partial charge is 0.387 e. The fourth-order valence-corrected chi connectivity index (χ4v) is 3.40. The van der Waals surface area contributed by atoms with Gasteiger partial charge in [0, 0.05) is 35.6 Å². The first-order valence-electron chi connectivity index (χ1n) is 7.93. The molecule has 1 amide bonds. The molecule has 1 aromatic carbocycles. The van der Waals surface area contributed by atoms with Crippen LogP contribution in [0.2, 0.25) is 10.0 Å². The Bertz CT molecular complexity index is 1230. The number of aromatic nitrogens is 2. The number of furan rings is 1. The largest absolute Gasteiger partial charge is 0.751 e. The van der Waals surface area contributed by atoms with Gasteiger partial charge in [-0.1, -0.05) is 23.2 Å². The highest BCUT2D eigenvalue weighted by atomic mass is 35.5. The fourth-order valence-electron chi connectivity index (χ4n) is 2.88. The molecule has 29 heavy (non-hydrogen) atoms. The zero-order chi connectivity index (χ0) is 20.7. The number of hydroxylamine groups is 1. The van der Waals surface area contributed by atoms with Crippen LogP contribution in [0.1, 0.15) is 10.4 Å². The van der Waals surface area contributed by atoms with Crippen LogP contribution in [0.3, 0.4) is 0 Å². The van der Waals surface area contributed by atoms with Crippen molar-refractivity contribution in [1.29, 1.82) is 0 Å². The molecule has 0 bridgehead atoms. The first kappa shape index (κ1) is 19.3. The standard InChI is InChI=1S/C18H8Cl2F2N3O4/c19-10-6-24-7-11(20)15(10)25(27)17(26)8-1-2-13(29-18(21)22)16-14(8)9-5-23-4-3-12(9)28-16/h1-7,18H/q-1. The molecule has 0 atom stereocenters. The average Bonchev–Trinajstić information content (AvgIpc) is 3.07. The molecule has 0 saturated heterocycles. The molecule has 0 fully saturated rings. The third-order valence-corrected chi connectivity index (χ3v) is 4.60. The molecule has 0 aliphatic rings. The molecule has 148 valence electrons. The van der Waals surface area contributed by atoms with Crippen LogP contribution in [0.15, 0.2) is 47.4 Å². The summed E-state index contributed by atoms with van der Waals surface area (Å²) in [5.74, 6) is -1.33. The predicted molar refractivity (Wildman–Crippen MR) is 103 cm³/mol. The van der Waals surface area contributed by atoms with Crippen molar-refractivity contribution >= 4 is 56.7 Å². The SMILES string of the molecule is O=C(c1ccc(OC(F)F)c2oc3ccncc3c12)N([O-])c1c(Cl)cncc1Cl. The number of benzene rings is 1. The van der Waals surface area contributed by atoms with Gasteiger partial charge in [-0.2, -0.15) is 8.78 Å². The number of ether oxygens (including phenoxy) is 1. The zero-order valence-electron chi connectivity index (χ0n) is 14.1. The lowest BCUT2D eigenvalue weighted by atomic mass is 10.1. The number of hydrogen-bond donors (Lipinski definition) is 0. The molecule has 3 aromatic heterocycles. The first-order chi connectivity index (χ1) is 13.9. The third kappa shape index (κ3) is 3.33. The quantitative estimate of drug-likeness (QED) is 0.394. The van der Waals surface area contributed by atoms with E-state index in [2.05, 4.69) is 14.7 Å². The molecule has 0 saturated carbocycles. The Morgan fingerprint density at radius 1 is 1.14 bits per heavy atom. The second-order valence-electron chi connectivity index (χ2n) is 5.72. The number of amides is 1. The lowest BCUT2D eigenvalue weighted by Gasteiger charge is -2.30. The molecule has 7 nitrogen and oxygen atoms in total. The summed E-state index contributed by atoms with van der Waals surface area (Å²) >= 11 is 11.9. The van der Waals surface area contributed by atoms with Gasteiger partial charge in [0.25, 0.3) is 0 Å². The Morgan fingerprint density at radius 2 is 1.86 bits per heavy atom. The van der Waals surface area contributed by atoms with Crippen LogP contribution < -0.4 is 9.80 Å². The van der Waals surface area contributed by atoms with Crippen molar-refractivity contribution in [1.82, 2.24) is 9.97 Å². The van der Waals surface area contributed by atoms with Crippen molar-refractivity contribution in [2.45, 2.75) is 6.61 Å². The molecule has 0 unspecified atom stereocenters. The van der Waals surface area contributed by atoms with Crippen molar-refractivity contribution in [3.63, 3.8) is 0 Å². The number of carbonyl (C=O) groups excluding carboxylic acids is 1. The maximum absolute atomic E-state index is 13.0. The van der Waals surface area contributed by atoms with Gasteiger partial charge in [-0.05, 0) is 18.2 Å². The fraction of sp³-hybridized carbons (Fsp3) is 0.0556. The maximum atomic E-state index is 13.0. The van der Waals surface area contributed by atoms with Crippen LogP contribution in [0.4, 0.5) is 14.5 Å². The highest BCUT2D eigenvalue weighted by molar-refractivity contribution is 6.40. The molecule has 0 aliphatic heterocycles. The molecular weight excluding hydrogens is 431 g/mol. The molecule has 0 N–H and O–H groups in total. The van der Waals surface area contributed by atoms with Crippen LogP contribution in [-0.2, 0) is 0 Å². The molecule has 0 spiro atoms. The second-order valence-corrected chi connectivity index (χ2v) is 6.53. The Morgan fingerprint density at radius 3 is 2.55 bits per heavy atom. The number of pyridine rings is 2. The van der Waals surface area contributed by atoms with E-state index in [9.17, 15) is 18.8 Å². The lowest BCUT2D eigenvalue weighted by Crippen LogP contribution is -2.25. The van der Waals surface area contributed by atoms with E-state index in [0.717, 1.165) is 18.5 Å². The predicted octanol–water partition coefficient (Wildman–Crippen LogP) is 5.43. The number of hydrogen-bond acceptors (Lipinski definition) is 6. The monoisotopic (exact) mass is 438 g/mol. The molecule has 0 aliphatic carbocycles. The van der Waals surface area contributed by atoms with E-state index in [1.165, 1.54) is 24.5 Å². The summed E-state index contributed by atoms with van der Waals surface area (Å²) < 4.78 is 35.6. The van der Waals surface area contributed by atoms with Crippen molar-refractivity contribution in [3.8, 4) is 5.75 Å². The van der Waals surface area contributed by atoms with Crippen LogP contribution in [0.25, 0.3) is 21.9 Å². The Kier molecular flexibility index (Phi) is 4.95. The Labute approximate surface area is 171 Å². The summed E-state index contributed by atoms with van der Waals surface area (Å²) in [5, 5.41) is 12.9. The molecule has 11 heteroatoms. The number of alkyl halides is 2. The van der Waals surface area contributed by atoms with Crippen molar-refractivity contribution in [3.05, 3.63) is 63.8 Å². The highest BCUT2D eigenvalue weighted by Crippen LogP contribution is 2.39. The summed E-state index contributed by atoms with van der Waals surface area (Å²) in [4.78, 5) is 20.6. The first-order valence-corrected chi connectivity index (χ1v) is 8.68. The van der Waals surface area contributed by atoms with E-state index in [-0.39, 0.29) is 48.7 Å². The van der Waals surface area contributed by atoms with Gasteiger partial charge in [-0.15, -0.1) is 0 Å². The van der Waals surface area contributed by atoms with E-state index in [1.807, 2.05) is 0 Å². The van der Waals surface area contributed by atoms with Gasteiger partial charge in [-0.3, -0.25) is 14.8 Å². The highest BCUT2D eigenvalue weighted by Gasteiger charge is 2.24. The molecule has 4 aromatic rings. The summed E-state index contributed by atoms with van der Waals surface area (Å²) in [6.07, 6.45) is 5.13. The number of halogens is 4. The van der Waals surface area contributed by atoms with Crippen molar-refractivity contribution < 1.29 is 22.7 Å². The molecule has 4 rings (SSSR count). The van der Waals surface area contributed by atoms with Gasteiger partial charge in [0.15, 0.2) is 11.3 Å². The third-order valence-electron chi connectivity index (χ3n) is 4.05. The minimum Gasteiger partial charge on any atom is -0.751 e. The number of rotatable bonds is 4. The minimum atomic E-state index is -3.11. The summed E-state index contributed by atoms with van der Waals surface area (Å²) in [6, 6.07) is 3.78. The van der Waals surface area contributed by atoms with E-state index < -0.39 is 12.5 Å². The summed E-state index contributed by atoms with van der Waals surface area (Å²) in [5.41, 5.74) is -0.279. The maximum Gasteiger partial charge on any atom is 0.387 e. The Balaban J connectivity index is 1.93. The van der Waals surface area contributed by atoms with E-state index >= 15 is 0 Å². The number of fused-ring (bicyclic) bond motifs is 3. The van der Waals surface area contributed by atoms with Crippen LogP contribution in [-0.4, -0.2) is 22.5 Å². The van der Waals surface area contributed by atoms with E-state index in [1.54, 1.807) is 0 Å². The second kappa shape index (κ2) is 7.43. The van der Waals surface area contributed by atoms with Crippen LogP contribution in [0, 0.1) is 5.21 Å². The zero-order valence-corrected chi connectivity index (χ0v) is 15.6. The van der Waals surface area contributed by atoms with Crippen molar-refractivity contribution in [2.24, 2.45) is 0 Å². The van der Waals surface area contributed by atoms with E-state index in [4.69, 9.17) is 27.6 Å². The number of carbonyl (C=O) groups is 1. The minimum absolute atomic E-state index is 0.00393. The van der Waals surface area contributed by atoms with Crippen molar-refractivity contribution in [2.75, 3.05) is 5.06 Å². The summed E-state index contributed by atoms with van der Waals surface area (Å²) in [6.45, 7) is -3.11. The molecule has 3 heterocycles. The number of nitrogens with zero attached hydrogens (tertiary/aromatic N) is 3. The van der Waals surface area contributed by atoms with Crippen LogP contribution >= 0.6 is 23.2 Å². The lowest BCUT2D eigenvalue weighted by molar-refractivity contribution is -0.0493. The molecule has 0 radical (unpaired) electrons. The average molecular weight is 439 g/mol. The topological polar surface area (TPSA) is 91.5 Å². The summed E-state index contributed by atoms with van der Waals surface area (Å²) in [7, 11) is 0.